The molecule has 7 nitrogen and oxygen atoms in total. The molecular weight excluding hydrogens is 482 g/mol. The van der Waals surface area contributed by atoms with Crippen molar-refractivity contribution in [2.45, 2.75) is 33.2 Å². The number of hydrogen-bond donors (Lipinski definition) is 1. The Labute approximate surface area is 223 Å². The number of hydrogen-bond acceptors (Lipinski definition) is 6. The molecule has 0 saturated carbocycles. The number of carbonyl (C=O) groups is 2. The molecule has 0 radical (unpaired) electrons. The number of carbonyl (C=O) groups excluding carboxylic acids is 2. The van der Waals surface area contributed by atoms with Crippen molar-refractivity contribution in [2.75, 3.05) is 26.4 Å². The van der Waals surface area contributed by atoms with Gasteiger partial charge >= 0.3 is 0 Å². The highest BCUT2D eigenvalue weighted by molar-refractivity contribution is 6.46. The van der Waals surface area contributed by atoms with Crippen LogP contribution in [0.2, 0.25) is 0 Å². The van der Waals surface area contributed by atoms with Crippen LogP contribution in [0.4, 0.5) is 0 Å². The van der Waals surface area contributed by atoms with Gasteiger partial charge in [0.2, 0.25) is 0 Å². The van der Waals surface area contributed by atoms with Crippen LogP contribution in [0.15, 0.2) is 78.4 Å². The van der Waals surface area contributed by atoms with Gasteiger partial charge in [0, 0.05) is 12.1 Å². The van der Waals surface area contributed by atoms with E-state index in [1.165, 1.54) is 4.90 Å². The first-order valence-electron chi connectivity index (χ1n) is 12.9. The van der Waals surface area contributed by atoms with Gasteiger partial charge in [-0.15, -0.1) is 0 Å². The largest absolute Gasteiger partial charge is 0.507 e. The predicted octanol–water partition coefficient (Wildman–Crippen LogP) is 5.55. The van der Waals surface area contributed by atoms with E-state index >= 15 is 0 Å². The second-order valence-corrected chi connectivity index (χ2v) is 8.76. The number of likely N-dealkylation sites (tertiary alicyclic amines) is 1. The van der Waals surface area contributed by atoms with Gasteiger partial charge in [-0.25, -0.2) is 0 Å². The van der Waals surface area contributed by atoms with Crippen molar-refractivity contribution < 1.29 is 28.9 Å². The number of amides is 1. The summed E-state index contributed by atoms with van der Waals surface area (Å²) < 4.78 is 17.0. The van der Waals surface area contributed by atoms with Crippen molar-refractivity contribution in [3.8, 4) is 17.2 Å². The summed E-state index contributed by atoms with van der Waals surface area (Å²) in [6.45, 7) is 7.35. The lowest BCUT2D eigenvalue weighted by atomic mass is 9.94. The maximum Gasteiger partial charge on any atom is 0.295 e. The van der Waals surface area contributed by atoms with Gasteiger partial charge in [0.25, 0.3) is 11.7 Å². The van der Waals surface area contributed by atoms with Gasteiger partial charge in [-0.1, -0.05) is 36.4 Å². The molecule has 0 aromatic heterocycles. The zero-order valence-corrected chi connectivity index (χ0v) is 22.0. The normalized spacial score (nSPS) is 16.5. The van der Waals surface area contributed by atoms with Crippen molar-refractivity contribution in [3.63, 3.8) is 0 Å². The summed E-state index contributed by atoms with van der Waals surface area (Å²) in [6.07, 6.45) is 0.558. The van der Waals surface area contributed by atoms with Crippen LogP contribution in [0.3, 0.4) is 0 Å². The second kappa shape index (κ2) is 12.3. The highest BCUT2D eigenvalue weighted by Crippen LogP contribution is 2.42. The lowest BCUT2D eigenvalue weighted by Gasteiger charge is -2.26. The lowest BCUT2D eigenvalue weighted by molar-refractivity contribution is -0.139. The van der Waals surface area contributed by atoms with Gasteiger partial charge in [-0.2, -0.15) is 0 Å². The van der Waals surface area contributed by atoms with Crippen molar-refractivity contribution in [2.24, 2.45) is 0 Å². The second-order valence-electron chi connectivity index (χ2n) is 8.76. The zero-order chi connectivity index (χ0) is 27.1. The smallest absolute Gasteiger partial charge is 0.295 e. The number of ketones is 1. The van der Waals surface area contributed by atoms with Gasteiger partial charge < -0.3 is 24.2 Å². The van der Waals surface area contributed by atoms with Gasteiger partial charge in [0.15, 0.2) is 11.5 Å². The SMILES string of the molecule is CCOc1ccc(/C(O)=C2\C(=O)C(=O)N(CCc3ccccc3)C2c2ccc(OCC)c(OCC)c2)cc1. The monoisotopic (exact) mass is 515 g/mol. The first kappa shape index (κ1) is 26.8. The molecule has 7 heteroatoms. The Kier molecular flexibility index (Phi) is 8.69. The van der Waals surface area contributed by atoms with Crippen molar-refractivity contribution in [1.29, 1.82) is 0 Å². The van der Waals surface area contributed by atoms with Gasteiger partial charge in [-0.05, 0) is 74.7 Å². The summed E-state index contributed by atoms with van der Waals surface area (Å²) in [5.74, 6) is 0.140. The predicted molar refractivity (Wildman–Crippen MR) is 146 cm³/mol. The third kappa shape index (κ3) is 5.67. The van der Waals surface area contributed by atoms with Crippen molar-refractivity contribution in [1.82, 2.24) is 4.90 Å². The van der Waals surface area contributed by atoms with Gasteiger partial charge in [0.05, 0.1) is 31.4 Å². The van der Waals surface area contributed by atoms with Crippen molar-refractivity contribution in [3.05, 3.63) is 95.1 Å². The topological polar surface area (TPSA) is 85.3 Å². The molecule has 38 heavy (non-hydrogen) atoms. The van der Waals surface area contributed by atoms with E-state index in [9.17, 15) is 14.7 Å². The summed E-state index contributed by atoms with van der Waals surface area (Å²) in [5.41, 5.74) is 2.16. The zero-order valence-electron chi connectivity index (χ0n) is 22.0. The molecule has 1 N–H and O–H groups in total. The summed E-state index contributed by atoms with van der Waals surface area (Å²) in [5, 5.41) is 11.4. The van der Waals surface area contributed by atoms with Crippen LogP contribution in [0.25, 0.3) is 5.76 Å². The number of rotatable bonds is 11. The van der Waals surface area contributed by atoms with E-state index in [2.05, 4.69) is 0 Å². The summed E-state index contributed by atoms with van der Waals surface area (Å²) in [4.78, 5) is 28.2. The fraction of sp³-hybridized carbons (Fsp3) is 0.290. The van der Waals surface area contributed by atoms with E-state index in [1.54, 1.807) is 36.4 Å². The first-order chi connectivity index (χ1) is 18.5. The molecule has 1 heterocycles. The van der Waals surface area contributed by atoms with Gasteiger partial charge in [0.1, 0.15) is 11.5 Å². The van der Waals surface area contributed by atoms with Crippen LogP contribution < -0.4 is 14.2 Å². The molecule has 0 aliphatic carbocycles. The van der Waals surface area contributed by atoms with E-state index in [0.29, 0.717) is 61.2 Å². The van der Waals surface area contributed by atoms with E-state index in [0.717, 1.165) is 5.56 Å². The first-order valence-corrected chi connectivity index (χ1v) is 12.9. The minimum absolute atomic E-state index is 0.0406. The summed E-state index contributed by atoms with van der Waals surface area (Å²) in [6, 6.07) is 21.2. The molecule has 3 aromatic carbocycles. The third-order valence-corrected chi connectivity index (χ3v) is 6.35. The third-order valence-electron chi connectivity index (χ3n) is 6.35. The van der Waals surface area contributed by atoms with E-state index in [4.69, 9.17) is 14.2 Å². The average Bonchev–Trinajstić information content (AvgIpc) is 3.19. The molecular formula is C31H33NO6. The standard InChI is InChI=1S/C31H33NO6/c1-4-36-24-15-12-22(13-16-24)29(33)27-28(23-14-17-25(37-5-2)26(20-23)38-6-3)32(31(35)30(27)34)19-18-21-10-8-7-9-11-21/h7-17,20,28,33H,4-6,18-19H2,1-3H3/b29-27+. The number of benzene rings is 3. The molecule has 4 rings (SSSR count). The average molecular weight is 516 g/mol. The molecule has 1 atom stereocenters. The molecule has 3 aromatic rings. The Hall–Kier alpha value is -4.26. The molecule has 1 unspecified atom stereocenters. The molecule has 0 spiro atoms. The molecule has 1 aliphatic heterocycles. The molecule has 1 aliphatic rings. The maximum atomic E-state index is 13.4. The highest BCUT2D eigenvalue weighted by atomic mass is 16.5. The van der Waals surface area contributed by atoms with Crippen LogP contribution in [-0.4, -0.2) is 48.1 Å². The fourth-order valence-corrected chi connectivity index (χ4v) is 4.62. The Balaban J connectivity index is 1.80. The molecule has 0 bridgehead atoms. The fourth-order valence-electron chi connectivity index (χ4n) is 4.62. The van der Waals surface area contributed by atoms with Crippen LogP contribution >= 0.6 is 0 Å². The molecule has 1 amide bonds. The Morgan fingerprint density at radius 2 is 1.47 bits per heavy atom. The van der Waals surface area contributed by atoms with Crippen molar-refractivity contribution >= 4 is 17.4 Å². The summed E-state index contributed by atoms with van der Waals surface area (Å²) >= 11 is 0. The van der Waals surface area contributed by atoms with Crippen LogP contribution in [-0.2, 0) is 16.0 Å². The minimum atomic E-state index is -0.792. The molecule has 1 fully saturated rings. The number of Topliss-reactive ketones (excluding diaryl/α,β-unsaturated/α-hetero) is 1. The lowest BCUT2D eigenvalue weighted by Crippen LogP contribution is -2.31. The Morgan fingerprint density at radius 1 is 0.816 bits per heavy atom. The van der Waals surface area contributed by atoms with Crippen LogP contribution in [0.1, 0.15) is 43.5 Å². The molecule has 198 valence electrons. The maximum absolute atomic E-state index is 13.4. The number of nitrogens with zero attached hydrogens (tertiary/aromatic N) is 1. The quantitative estimate of drug-likeness (QED) is 0.205. The van der Waals surface area contributed by atoms with Crippen LogP contribution in [0.5, 0.6) is 17.2 Å². The minimum Gasteiger partial charge on any atom is -0.507 e. The van der Waals surface area contributed by atoms with Crippen LogP contribution in [0, 0.1) is 0 Å². The van der Waals surface area contributed by atoms with Gasteiger partial charge in [-0.3, -0.25) is 9.59 Å². The number of aliphatic hydroxyl groups is 1. The number of ether oxygens (including phenoxy) is 3. The van der Waals surface area contributed by atoms with E-state index < -0.39 is 17.7 Å². The Morgan fingerprint density at radius 3 is 2.13 bits per heavy atom. The highest BCUT2D eigenvalue weighted by Gasteiger charge is 2.46. The Bertz CT molecular complexity index is 1300. The number of aliphatic hydroxyl groups excluding tert-OH is 1. The van der Waals surface area contributed by atoms with E-state index in [1.807, 2.05) is 57.2 Å². The molecule has 1 saturated heterocycles. The van der Waals surface area contributed by atoms with E-state index in [-0.39, 0.29) is 11.3 Å². The summed E-state index contributed by atoms with van der Waals surface area (Å²) in [7, 11) is 0.